The van der Waals surface area contributed by atoms with Crippen LogP contribution in [0.25, 0.3) is 0 Å². The molecule has 4 nitrogen and oxygen atoms in total. The van der Waals surface area contributed by atoms with Crippen LogP contribution in [-0.4, -0.2) is 22.3 Å². The average molecular weight is 164 g/mol. The normalized spacial score (nSPS) is 18.2. The van der Waals surface area contributed by atoms with E-state index in [1.54, 1.807) is 18.2 Å². The second-order valence-corrected chi connectivity index (χ2v) is 2.63. The Morgan fingerprint density at radius 1 is 1.25 bits per heavy atom. The summed E-state index contributed by atoms with van der Waals surface area (Å²) in [6, 6.07) is 7.14. The number of aliphatic imine (C=N–C) groups is 1. The largest absolute Gasteiger partial charge is 0.344 e. The van der Waals surface area contributed by atoms with Gasteiger partial charge < -0.3 is 15.5 Å². The predicted octanol–water partition coefficient (Wildman–Crippen LogP) is 0.453. The molecule has 0 radical (unpaired) electrons. The van der Waals surface area contributed by atoms with Gasteiger partial charge in [0.05, 0.1) is 17.6 Å². The first kappa shape index (κ1) is 7.27. The highest BCUT2D eigenvalue weighted by Gasteiger charge is 2.24. The maximum absolute atomic E-state index is 9.12. The topological polar surface area (TPSA) is 64.8 Å². The lowest BCUT2D eigenvalue weighted by Crippen LogP contribution is -2.40. The smallest absolute Gasteiger partial charge is 0.283 e. The molecule has 1 aromatic carbocycles. The summed E-state index contributed by atoms with van der Waals surface area (Å²) in [5.41, 5.74) is 1.32. The Morgan fingerprint density at radius 3 is 2.83 bits per heavy atom. The number of aliphatic hydroxyl groups is 2. The molecule has 0 unspecified atom stereocenters. The second-order valence-electron chi connectivity index (χ2n) is 2.63. The highest BCUT2D eigenvalue weighted by atomic mass is 16.5. The van der Waals surface area contributed by atoms with Crippen LogP contribution in [0.5, 0.6) is 0 Å². The SMILES string of the molecule is OC1(O)C=Nc2ccccc2N1. The summed E-state index contributed by atoms with van der Waals surface area (Å²) in [7, 11) is 0. The highest BCUT2D eigenvalue weighted by Crippen LogP contribution is 2.28. The molecular formula is C8H8N2O2. The minimum absolute atomic E-state index is 0.616. The van der Waals surface area contributed by atoms with Gasteiger partial charge in [-0.2, -0.15) is 0 Å². The van der Waals surface area contributed by atoms with Gasteiger partial charge in [0.2, 0.25) is 0 Å². The van der Waals surface area contributed by atoms with E-state index >= 15 is 0 Å². The zero-order valence-corrected chi connectivity index (χ0v) is 6.23. The molecular weight excluding hydrogens is 156 g/mol. The lowest BCUT2D eigenvalue weighted by molar-refractivity contribution is -0.0693. The van der Waals surface area contributed by atoms with Gasteiger partial charge in [0.25, 0.3) is 5.91 Å². The number of rotatable bonds is 0. The van der Waals surface area contributed by atoms with Crippen molar-refractivity contribution in [1.29, 1.82) is 0 Å². The van der Waals surface area contributed by atoms with E-state index in [0.29, 0.717) is 11.4 Å². The summed E-state index contributed by atoms with van der Waals surface area (Å²) in [4.78, 5) is 3.86. The summed E-state index contributed by atoms with van der Waals surface area (Å²) < 4.78 is 0. The van der Waals surface area contributed by atoms with Crippen LogP contribution in [0.2, 0.25) is 0 Å². The molecule has 0 saturated heterocycles. The van der Waals surface area contributed by atoms with Crippen LogP contribution in [0.15, 0.2) is 29.3 Å². The Bertz CT molecular complexity index is 334. The van der Waals surface area contributed by atoms with Crippen molar-refractivity contribution in [3.63, 3.8) is 0 Å². The van der Waals surface area contributed by atoms with Crippen LogP contribution in [0, 0.1) is 0 Å². The summed E-state index contributed by atoms with van der Waals surface area (Å²) in [6.45, 7) is 0. The zero-order valence-electron chi connectivity index (χ0n) is 6.23. The van der Waals surface area contributed by atoms with Gasteiger partial charge in [-0.25, -0.2) is 0 Å². The van der Waals surface area contributed by atoms with E-state index in [2.05, 4.69) is 10.3 Å². The van der Waals surface area contributed by atoms with Gasteiger partial charge in [-0.15, -0.1) is 0 Å². The monoisotopic (exact) mass is 164 g/mol. The Morgan fingerprint density at radius 2 is 2.00 bits per heavy atom. The van der Waals surface area contributed by atoms with Gasteiger partial charge in [0, 0.05) is 0 Å². The summed E-state index contributed by atoms with van der Waals surface area (Å²) in [5, 5.41) is 20.7. The number of hydrogen-bond donors (Lipinski definition) is 3. The Balaban J connectivity index is 2.46. The van der Waals surface area contributed by atoms with E-state index in [1.165, 1.54) is 0 Å². The fourth-order valence-corrected chi connectivity index (χ4v) is 1.08. The minimum atomic E-state index is -2.02. The Hall–Kier alpha value is -1.39. The van der Waals surface area contributed by atoms with Crippen LogP contribution < -0.4 is 5.32 Å². The zero-order chi connectivity index (χ0) is 8.60. The molecule has 0 atom stereocenters. The molecule has 0 spiro atoms. The summed E-state index contributed by atoms with van der Waals surface area (Å²) in [6.07, 6.45) is 1.05. The number of benzene rings is 1. The molecule has 1 aliphatic heterocycles. The molecule has 2 rings (SSSR count). The van der Waals surface area contributed by atoms with Crippen LogP contribution in [0.3, 0.4) is 0 Å². The van der Waals surface area contributed by atoms with E-state index in [1.807, 2.05) is 6.07 Å². The van der Waals surface area contributed by atoms with Gasteiger partial charge in [0.15, 0.2) is 0 Å². The van der Waals surface area contributed by atoms with Gasteiger partial charge >= 0.3 is 0 Å². The minimum Gasteiger partial charge on any atom is -0.344 e. The summed E-state index contributed by atoms with van der Waals surface area (Å²) in [5.74, 6) is -2.02. The van der Waals surface area contributed by atoms with Crippen LogP contribution in [0.4, 0.5) is 11.4 Å². The van der Waals surface area contributed by atoms with Crippen molar-refractivity contribution < 1.29 is 10.2 Å². The number of nitrogens with one attached hydrogen (secondary N) is 1. The van der Waals surface area contributed by atoms with Crippen molar-refractivity contribution in [2.45, 2.75) is 5.91 Å². The molecule has 0 amide bonds. The number of para-hydroxylation sites is 2. The quantitative estimate of drug-likeness (QED) is 0.488. The Labute approximate surface area is 69.2 Å². The first-order valence-corrected chi connectivity index (χ1v) is 3.55. The molecule has 1 heterocycles. The Kier molecular flexibility index (Phi) is 1.39. The van der Waals surface area contributed by atoms with Crippen molar-refractivity contribution in [2.75, 3.05) is 5.32 Å². The van der Waals surface area contributed by atoms with E-state index in [-0.39, 0.29) is 0 Å². The maximum atomic E-state index is 9.12. The van der Waals surface area contributed by atoms with Gasteiger partial charge in [-0.05, 0) is 12.1 Å². The van der Waals surface area contributed by atoms with Gasteiger partial charge in [-0.1, -0.05) is 12.1 Å². The molecule has 0 saturated carbocycles. The molecule has 62 valence electrons. The molecule has 0 bridgehead atoms. The lowest BCUT2D eigenvalue weighted by atomic mass is 10.2. The van der Waals surface area contributed by atoms with Crippen LogP contribution in [0.1, 0.15) is 0 Å². The molecule has 3 N–H and O–H groups in total. The van der Waals surface area contributed by atoms with E-state index in [4.69, 9.17) is 10.2 Å². The third-order valence-electron chi connectivity index (χ3n) is 1.61. The molecule has 0 aromatic heterocycles. The molecule has 1 aliphatic rings. The predicted molar refractivity (Wildman–Crippen MR) is 45.4 cm³/mol. The number of hydrogen-bond acceptors (Lipinski definition) is 4. The van der Waals surface area contributed by atoms with Crippen molar-refractivity contribution in [3.8, 4) is 0 Å². The van der Waals surface area contributed by atoms with Crippen molar-refractivity contribution >= 4 is 17.6 Å². The number of anilines is 1. The second kappa shape index (κ2) is 2.30. The first-order chi connectivity index (χ1) is 5.67. The fourth-order valence-electron chi connectivity index (χ4n) is 1.08. The molecule has 4 heteroatoms. The third-order valence-corrected chi connectivity index (χ3v) is 1.61. The van der Waals surface area contributed by atoms with E-state index in [0.717, 1.165) is 6.21 Å². The van der Waals surface area contributed by atoms with Gasteiger partial charge in [0.1, 0.15) is 0 Å². The van der Waals surface area contributed by atoms with E-state index in [9.17, 15) is 0 Å². The third kappa shape index (κ3) is 1.17. The highest BCUT2D eigenvalue weighted by molar-refractivity contribution is 5.83. The van der Waals surface area contributed by atoms with Gasteiger partial charge in [-0.3, -0.25) is 4.99 Å². The standard InChI is InChI=1S/C8H8N2O2/c11-8(12)5-9-6-3-1-2-4-7(6)10-8/h1-5,10-12H. The molecule has 0 fully saturated rings. The molecule has 0 aliphatic carbocycles. The molecule has 1 aromatic rings. The van der Waals surface area contributed by atoms with Crippen molar-refractivity contribution in [2.24, 2.45) is 4.99 Å². The van der Waals surface area contributed by atoms with Crippen LogP contribution in [-0.2, 0) is 0 Å². The lowest BCUT2D eigenvalue weighted by Gasteiger charge is -2.24. The van der Waals surface area contributed by atoms with Crippen molar-refractivity contribution in [1.82, 2.24) is 0 Å². The van der Waals surface area contributed by atoms with E-state index < -0.39 is 5.91 Å². The average Bonchev–Trinajstić information content (AvgIpc) is 2.02. The molecule has 12 heavy (non-hydrogen) atoms. The fraction of sp³-hybridized carbons (Fsp3) is 0.125. The number of fused-ring (bicyclic) bond motifs is 1. The number of nitrogens with zero attached hydrogens (tertiary/aromatic N) is 1. The van der Waals surface area contributed by atoms with Crippen molar-refractivity contribution in [3.05, 3.63) is 24.3 Å². The summed E-state index contributed by atoms with van der Waals surface area (Å²) >= 11 is 0. The first-order valence-electron chi connectivity index (χ1n) is 3.55. The van der Waals surface area contributed by atoms with Crippen LogP contribution >= 0.6 is 0 Å². The maximum Gasteiger partial charge on any atom is 0.283 e.